The molecule has 0 amide bonds. The van der Waals surface area contributed by atoms with Gasteiger partial charge in [-0.05, 0) is 35.4 Å². The van der Waals surface area contributed by atoms with E-state index >= 15 is 0 Å². The molecule has 3 heteroatoms. The lowest BCUT2D eigenvalue weighted by Crippen LogP contribution is -2.01. The van der Waals surface area contributed by atoms with Gasteiger partial charge in [0.1, 0.15) is 0 Å². The Morgan fingerprint density at radius 1 is 0.577 bits per heavy atom. The molecule has 0 spiro atoms. The predicted octanol–water partition coefficient (Wildman–Crippen LogP) is 5.04. The minimum Gasteiger partial charge on any atom is -0.289 e. The Kier molecular flexibility index (Phi) is 4.35. The van der Waals surface area contributed by atoms with Crippen molar-refractivity contribution in [2.24, 2.45) is 0 Å². The Labute approximate surface area is 152 Å². The van der Waals surface area contributed by atoms with Crippen LogP contribution in [0, 0.1) is 0 Å². The summed E-state index contributed by atoms with van der Waals surface area (Å²) < 4.78 is 0. The Morgan fingerprint density at radius 3 is 1.46 bits per heavy atom. The first-order chi connectivity index (χ1) is 12.8. The molecule has 26 heavy (non-hydrogen) atoms. The number of nitrogens with zero attached hydrogens (tertiary/aromatic N) is 2. The first-order valence-electron chi connectivity index (χ1n) is 8.37. The van der Waals surface area contributed by atoms with Crippen LogP contribution in [0.2, 0.25) is 0 Å². The molecule has 0 aliphatic rings. The van der Waals surface area contributed by atoms with Crippen molar-refractivity contribution in [3.63, 3.8) is 0 Å². The third kappa shape index (κ3) is 3.28. The summed E-state index contributed by atoms with van der Waals surface area (Å²) in [5, 5.41) is 0. The average Bonchev–Trinajstić information content (AvgIpc) is 2.75. The zero-order chi connectivity index (χ0) is 17.8. The molecule has 0 bridgehead atoms. The SMILES string of the molecule is O=C(c1cccc(-c2cccnc2)c1)c1cccc(-c2cccnc2)c1. The third-order valence-corrected chi connectivity index (χ3v) is 4.24. The number of ketones is 1. The molecule has 2 heterocycles. The van der Waals surface area contributed by atoms with Crippen molar-refractivity contribution >= 4 is 5.78 Å². The fourth-order valence-electron chi connectivity index (χ4n) is 2.91. The predicted molar refractivity (Wildman–Crippen MR) is 103 cm³/mol. The number of aromatic nitrogens is 2. The van der Waals surface area contributed by atoms with E-state index < -0.39 is 0 Å². The van der Waals surface area contributed by atoms with Gasteiger partial charge in [0, 0.05) is 47.0 Å². The van der Waals surface area contributed by atoms with E-state index in [1.807, 2.05) is 72.8 Å². The van der Waals surface area contributed by atoms with Crippen LogP contribution >= 0.6 is 0 Å². The highest BCUT2D eigenvalue weighted by atomic mass is 16.1. The van der Waals surface area contributed by atoms with E-state index in [9.17, 15) is 4.79 Å². The van der Waals surface area contributed by atoms with Crippen LogP contribution in [0.3, 0.4) is 0 Å². The van der Waals surface area contributed by atoms with E-state index in [1.54, 1.807) is 24.8 Å². The van der Waals surface area contributed by atoms with Gasteiger partial charge in [-0.2, -0.15) is 0 Å². The summed E-state index contributed by atoms with van der Waals surface area (Å²) in [6, 6.07) is 23.0. The molecule has 0 aliphatic heterocycles. The Bertz CT molecular complexity index is 959. The lowest BCUT2D eigenvalue weighted by molar-refractivity contribution is 0.103. The summed E-state index contributed by atoms with van der Waals surface area (Å²) in [6.07, 6.45) is 7.07. The number of pyridine rings is 2. The highest BCUT2D eigenvalue weighted by molar-refractivity contribution is 6.10. The Hall–Kier alpha value is -3.59. The minimum absolute atomic E-state index is 0.00137. The highest BCUT2D eigenvalue weighted by Crippen LogP contribution is 2.23. The van der Waals surface area contributed by atoms with Crippen LogP contribution in [0.1, 0.15) is 15.9 Å². The van der Waals surface area contributed by atoms with Gasteiger partial charge in [-0.25, -0.2) is 0 Å². The van der Waals surface area contributed by atoms with Crippen LogP contribution in [0.4, 0.5) is 0 Å². The lowest BCUT2D eigenvalue weighted by atomic mass is 9.96. The van der Waals surface area contributed by atoms with Crippen LogP contribution in [-0.2, 0) is 0 Å². The van der Waals surface area contributed by atoms with Crippen LogP contribution < -0.4 is 0 Å². The molecule has 124 valence electrons. The fraction of sp³-hybridized carbons (Fsp3) is 0. The largest absolute Gasteiger partial charge is 0.289 e. The maximum absolute atomic E-state index is 13.0. The number of carbonyl (C=O) groups is 1. The molecule has 0 aliphatic carbocycles. The van der Waals surface area contributed by atoms with Gasteiger partial charge in [0.25, 0.3) is 0 Å². The van der Waals surface area contributed by atoms with E-state index in [4.69, 9.17) is 0 Å². The minimum atomic E-state index is 0.00137. The van der Waals surface area contributed by atoms with Crippen LogP contribution in [0.15, 0.2) is 97.6 Å². The molecule has 0 radical (unpaired) electrons. The molecule has 4 rings (SSSR count). The summed E-state index contributed by atoms with van der Waals surface area (Å²) in [7, 11) is 0. The number of rotatable bonds is 4. The average molecular weight is 336 g/mol. The summed E-state index contributed by atoms with van der Waals surface area (Å²) in [5.74, 6) is 0.00137. The van der Waals surface area contributed by atoms with Crippen molar-refractivity contribution in [1.29, 1.82) is 0 Å². The molecule has 0 atom stereocenters. The zero-order valence-electron chi connectivity index (χ0n) is 14.0. The quantitative estimate of drug-likeness (QED) is 0.490. The molecule has 0 fully saturated rings. The van der Waals surface area contributed by atoms with Crippen molar-refractivity contribution in [3.8, 4) is 22.3 Å². The molecule has 0 unspecified atom stereocenters. The van der Waals surface area contributed by atoms with Crippen molar-refractivity contribution in [2.75, 3.05) is 0 Å². The Balaban J connectivity index is 1.69. The molecule has 4 aromatic rings. The maximum atomic E-state index is 13.0. The van der Waals surface area contributed by atoms with Gasteiger partial charge in [-0.15, -0.1) is 0 Å². The van der Waals surface area contributed by atoms with Crippen LogP contribution in [-0.4, -0.2) is 15.8 Å². The summed E-state index contributed by atoms with van der Waals surface area (Å²) in [6.45, 7) is 0. The summed E-state index contributed by atoms with van der Waals surface area (Å²) in [4.78, 5) is 21.3. The van der Waals surface area contributed by atoms with Crippen molar-refractivity contribution in [3.05, 3.63) is 109 Å². The molecule has 2 aromatic carbocycles. The molecule has 0 N–H and O–H groups in total. The van der Waals surface area contributed by atoms with Crippen molar-refractivity contribution < 1.29 is 4.79 Å². The van der Waals surface area contributed by atoms with Gasteiger partial charge in [0.2, 0.25) is 0 Å². The normalized spacial score (nSPS) is 10.5. The molecule has 2 aromatic heterocycles. The van der Waals surface area contributed by atoms with E-state index in [1.165, 1.54) is 0 Å². The summed E-state index contributed by atoms with van der Waals surface area (Å²) in [5.41, 5.74) is 5.27. The first-order valence-corrected chi connectivity index (χ1v) is 8.37. The topological polar surface area (TPSA) is 42.9 Å². The number of hydrogen-bond acceptors (Lipinski definition) is 3. The van der Waals surface area contributed by atoms with Gasteiger partial charge < -0.3 is 0 Å². The molecule has 3 nitrogen and oxygen atoms in total. The van der Waals surface area contributed by atoms with Gasteiger partial charge in [0.15, 0.2) is 5.78 Å². The monoisotopic (exact) mass is 336 g/mol. The number of carbonyl (C=O) groups excluding carboxylic acids is 1. The smallest absolute Gasteiger partial charge is 0.193 e. The maximum Gasteiger partial charge on any atom is 0.193 e. The van der Waals surface area contributed by atoms with E-state index in [2.05, 4.69) is 9.97 Å². The van der Waals surface area contributed by atoms with Gasteiger partial charge in [-0.3, -0.25) is 14.8 Å². The number of benzene rings is 2. The zero-order valence-corrected chi connectivity index (χ0v) is 14.0. The van der Waals surface area contributed by atoms with Gasteiger partial charge in [0.05, 0.1) is 0 Å². The second-order valence-electron chi connectivity index (χ2n) is 5.97. The van der Waals surface area contributed by atoms with Crippen molar-refractivity contribution in [1.82, 2.24) is 9.97 Å². The van der Waals surface area contributed by atoms with Gasteiger partial charge in [-0.1, -0.05) is 48.5 Å². The third-order valence-electron chi connectivity index (χ3n) is 4.24. The van der Waals surface area contributed by atoms with Gasteiger partial charge >= 0.3 is 0 Å². The van der Waals surface area contributed by atoms with Crippen LogP contribution in [0.5, 0.6) is 0 Å². The summed E-state index contributed by atoms with van der Waals surface area (Å²) >= 11 is 0. The molecular formula is C23H16N2O. The second kappa shape index (κ2) is 7.11. The van der Waals surface area contributed by atoms with Crippen LogP contribution in [0.25, 0.3) is 22.3 Å². The molecular weight excluding hydrogens is 320 g/mol. The fourth-order valence-corrected chi connectivity index (χ4v) is 2.91. The van der Waals surface area contributed by atoms with E-state index in [0.717, 1.165) is 22.3 Å². The lowest BCUT2D eigenvalue weighted by Gasteiger charge is -2.07. The molecule has 0 saturated carbocycles. The standard InChI is InChI=1S/C23H16N2O/c26-23(19-7-1-5-17(13-19)21-9-3-11-24-15-21)20-8-2-6-18(14-20)22-10-4-12-25-16-22/h1-16H. The Morgan fingerprint density at radius 2 is 1.04 bits per heavy atom. The number of hydrogen-bond donors (Lipinski definition) is 0. The van der Waals surface area contributed by atoms with E-state index in [-0.39, 0.29) is 5.78 Å². The molecule has 0 saturated heterocycles. The first kappa shape index (κ1) is 15.9. The van der Waals surface area contributed by atoms with E-state index in [0.29, 0.717) is 11.1 Å². The second-order valence-corrected chi connectivity index (χ2v) is 5.97. The highest BCUT2D eigenvalue weighted by Gasteiger charge is 2.11. The van der Waals surface area contributed by atoms with Crippen molar-refractivity contribution in [2.45, 2.75) is 0 Å².